The molecule has 0 unspecified atom stereocenters. The first kappa shape index (κ1) is 13.5. The smallest absolute Gasteiger partial charge is 0.317 e. The summed E-state index contributed by atoms with van der Waals surface area (Å²) in [5.74, 6) is 0.596. The van der Waals surface area contributed by atoms with Crippen LogP contribution in [0.25, 0.3) is 0 Å². The zero-order valence-corrected chi connectivity index (χ0v) is 11.9. The predicted molar refractivity (Wildman–Crippen MR) is 77.6 cm³/mol. The minimum absolute atomic E-state index is 0.309. The van der Waals surface area contributed by atoms with Crippen LogP contribution >= 0.6 is 0 Å². The molecule has 21 heavy (non-hydrogen) atoms. The molecule has 108 valence electrons. The van der Waals surface area contributed by atoms with Gasteiger partial charge >= 0.3 is 5.97 Å². The second kappa shape index (κ2) is 5.48. The average Bonchev–Trinajstić information content (AvgIpc) is 2.93. The number of hydrogen-bond donors (Lipinski definition) is 0. The molecular formula is C17H16O4. The van der Waals surface area contributed by atoms with Gasteiger partial charge in [0, 0.05) is 5.56 Å². The number of hydrogen-bond acceptors (Lipinski definition) is 4. The number of carbonyl (C=O) groups is 1. The lowest BCUT2D eigenvalue weighted by Gasteiger charge is -2.17. The standard InChI is InChI=1S/C17H16O4/c1-19-12-8-9-14-13(10-12)15(17(18)20-2)16(21-14)11-6-4-3-5-7-11/h3-10,15-16H,1-2H3/t15-,16+/m0/s1. The molecule has 1 heterocycles. The summed E-state index contributed by atoms with van der Waals surface area (Å²) >= 11 is 0. The molecule has 0 amide bonds. The molecule has 0 radical (unpaired) electrons. The molecule has 2 aromatic carbocycles. The van der Waals surface area contributed by atoms with E-state index in [-0.39, 0.29) is 12.1 Å². The first-order valence-electron chi connectivity index (χ1n) is 6.72. The third kappa shape index (κ3) is 2.33. The van der Waals surface area contributed by atoms with Crippen molar-refractivity contribution in [3.05, 3.63) is 59.7 Å². The molecule has 0 saturated heterocycles. The minimum atomic E-state index is -0.484. The third-order valence-electron chi connectivity index (χ3n) is 3.69. The van der Waals surface area contributed by atoms with Crippen LogP contribution in [0.3, 0.4) is 0 Å². The summed E-state index contributed by atoms with van der Waals surface area (Å²) in [5.41, 5.74) is 1.75. The second-order valence-electron chi connectivity index (χ2n) is 4.85. The van der Waals surface area contributed by atoms with E-state index in [0.29, 0.717) is 11.5 Å². The summed E-state index contributed by atoms with van der Waals surface area (Å²) in [6.07, 6.45) is -0.374. The summed E-state index contributed by atoms with van der Waals surface area (Å²) in [5, 5.41) is 0. The van der Waals surface area contributed by atoms with Gasteiger partial charge in [-0.2, -0.15) is 0 Å². The topological polar surface area (TPSA) is 44.8 Å². The Labute approximate surface area is 123 Å². The van der Waals surface area contributed by atoms with E-state index in [0.717, 1.165) is 11.1 Å². The number of fused-ring (bicyclic) bond motifs is 1. The number of benzene rings is 2. The maximum atomic E-state index is 12.2. The largest absolute Gasteiger partial charge is 0.497 e. The van der Waals surface area contributed by atoms with Gasteiger partial charge in [-0.25, -0.2) is 0 Å². The van der Waals surface area contributed by atoms with Gasteiger partial charge in [0.2, 0.25) is 0 Å². The summed E-state index contributed by atoms with van der Waals surface area (Å²) in [6, 6.07) is 15.2. The third-order valence-corrected chi connectivity index (χ3v) is 3.69. The maximum Gasteiger partial charge on any atom is 0.317 e. The van der Waals surface area contributed by atoms with Crippen molar-refractivity contribution in [1.29, 1.82) is 0 Å². The van der Waals surface area contributed by atoms with Gasteiger partial charge in [-0.05, 0) is 23.8 Å². The highest BCUT2D eigenvalue weighted by atomic mass is 16.5. The van der Waals surface area contributed by atoms with Crippen molar-refractivity contribution in [3.8, 4) is 11.5 Å². The summed E-state index contributed by atoms with van der Waals surface area (Å²) < 4.78 is 16.2. The molecule has 0 spiro atoms. The van der Waals surface area contributed by atoms with Gasteiger partial charge in [-0.1, -0.05) is 30.3 Å². The highest BCUT2D eigenvalue weighted by Gasteiger charge is 2.41. The average molecular weight is 284 g/mol. The quantitative estimate of drug-likeness (QED) is 0.812. The first-order valence-corrected chi connectivity index (χ1v) is 6.72. The van der Waals surface area contributed by atoms with E-state index in [9.17, 15) is 4.79 Å². The Balaban J connectivity index is 2.06. The maximum absolute atomic E-state index is 12.2. The van der Waals surface area contributed by atoms with Gasteiger partial charge in [0.15, 0.2) is 0 Å². The fraction of sp³-hybridized carbons (Fsp3) is 0.235. The molecule has 4 heteroatoms. The fourth-order valence-electron chi connectivity index (χ4n) is 2.65. The van der Waals surface area contributed by atoms with Crippen LogP contribution in [0.5, 0.6) is 11.5 Å². The molecule has 1 aliphatic heterocycles. The zero-order chi connectivity index (χ0) is 14.8. The highest BCUT2D eigenvalue weighted by molar-refractivity contribution is 5.81. The zero-order valence-electron chi connectivity index (χ0n) is 11.9. The molecule has 0 aromatic heterocycles. The molecule has 0 fully saturated rings. The highest BCUT2D eigenvalue weighted by Crippen LogP contribution is 2.47. The SMILES string of the molecule is COC(=O)[C@H]1c2cc(OC)ccc2O[C@@H]1c1ccccc1. The van der Waals surface area contributed by atoms with Crippen molar-refractivity contribution in [2.24, 2.45) is 0 Å². The van der Waals surface area contributed by atoms with Gasteiger partial charge in [-0.3, -0.25) is 4.79 Å². The molecular weight excluding hydrogens is 268 g/mol. The van der Waals surface area contributed by atoms with Gasteiger partial charge in [0.05, 0.1) is 14.2 Å². The van der Waals surface area contributed by atoms with Crippen LogP contribution in [0.15, 0.2) is 48.5 Å². The van der Waals surface area contributed by atoms with E-state index >= 15 is 0 Å². The number of rotatable bonds is 3. The number of carbonyl (C=O) groups excluding carboxylic acids is 1. The lowest BCUT2D eigenvalue weighted by atomic mass is 9.91. The van der Waals surface area contributed by atoms with Crippen molar-refractivity contribution in [2.75, 3.05) is 14.2 Å². The molecule has 0 bridgehead atoms. The Hall–Kier alpha value is -2.49. The molecule has 1 aliphatic rings. The van der Waals surface area contributed by atoms with Crippen molar-refractivity contribution in [2.45, 2.75) is 12.0 Å². The number of esters is 1. The van der Waals surface area contributed by atoms with Crippen molar-refractivity contribution < 1.29 is 19.0 Å². The van der Waals surface area contributed by atoms with Crippen molar-refractivity contribution in [3.63, 3.8) is 0 Å². The molecule has 4 nitrogen and oxygen atoms in total. The van der Waals surface area contributed by atoms with Crippen LogP contribution < -0.4 is 9.47 Å². The Kier molecular flexibility index (Phi) is 3.52. The van der Waals surface area contributed by atoms with E-state index in [2.05, 4.69) is 0 Å². The monoisotopic (exact) mass is 284 g/mol. The van der Waals surface area contributed by atoms with Crippen molar-refractivity contribution in [1.82, 2.24) is 0 Å². The summed E-state index contributed by atoms with van der Waals surface area (Å²) in [4.78, 5) is 12.2. The van der Waals surface area contributed by atoms with E-state index in [1.165, 1.54) is 7.11 Å². The van der Waals surface area contributed by atoms with Gasteiger partial charge in [0.1, 0.15) is 23.5 Å². The minimum Gasteiger partial charge on any atom is -0.497 e. The molecule has 3 rings (SSSR count). The van der Waals surface area contributed by atoms with Crippen LogP contribution in [-0.2, 0) is 9.53 Å². The van der Waals surface area contributed by atoms with Gasteiger partial charge in [-0.15, -0.1) is 0 Å². The fourth-order valence-corrected chi connectivity index (χ4v) is 2.65. The van der Waals surface area contributed by atoms with Crippen LogP contribution in [0.2, 0.25) is 0 Å². The van der Waals surface area contributed by atoms with Crippen molar-refractivity contribution >= 4 is 5.97 Å². The van der Waals surface area contributed by atoms with Crippen LogP contribution in [0.1, 0.15) is 23.1 Å². The molecule has 2 aromatic rings. The van der Waals surface area contributed by atoms with E-state index in [4.69, 9.17) is 14.2 Å². The normalized spacial score (nSPS) is 19.5. The molecule has 0 saturated carbocycles. The number of methoxy groups -OCH3 is 2. The number of ether oxygens (including phenoxy) is 3. The van der Waals surface area contributed by atoms with Gasteiger partial charge < -0.3 is 14.2 Å². The summed E-state index contributed by atoms with van der Waals surface area (Å²) in [6.45, 7) is 0. The van der Waals surface area contributed by atoms with Gasteiger partial charge in [0.25, 0.3) is 0 Å². The lowest BCUT2D eigenvalue weighted by Crippen LogP contribution is -2.20. The molecule has 0 N–H and O–H groups in total. The Morgan fingerprint density at radius 1 is 1.10 bits per heavy atom. The Morgan fingerprint density at radius 2 is 1.86 bits per heavy atom. The van der Waals surface area contributed by atoms with Crippen LogP contribution in [0, 0.1) is 0 Å². The second-order valence-corrected chi connectivity index (χ2v) is 4.85. The Bertz CT molecular complexity index is 651. The molecule has 2 atom stereocenters. The first-order chi connectivity index (χ1) is 10.2. The van der Waals surface area contributed by atoms with E-state index < -0.39 is 5.92 Å². The van der Waals surface area contributed by atoms with Crippen LogP contribution in [0.4, 0.5) is 0 Å². The van der Waals surface area contributed by atoms with Crippen LogP contribution in [-0.4, -0.2) is 20.2 Å². The van der Waals surface area contributed by atoms with E-state index in [1.807, 2.05) is 48.5 Å². The van der Waals surface area contributed by atoms with E-state index in [1.54, 1.807) is 7.11 Å². The predicted octanol–water partition coefficient (Wildman–Crippen LogP) is 3.09. The molecule has 0 aliphatic carbocycles. The Morgan fingerprint density at radius 3 is 2.52 bits per heavy atom. The lowest BCUT2D eigenvalue weighted by molar-refractivity contribution is -0.144. The summed E-state index contributed by atoms with van der Waals surface area (Å²) in [7, 11) is 2.99.